The number of aryl methyl sites for hydroxylation is 1. The third kappa shape index (κ3) is 2.01. The van der Waals surface area contributed by atoms with Gasteiger partial charge in [0, 0.05) is 24.9 Å². The number of hydrogen-bond acceptors (Lipinski definition) is 3. The standard InChI is InChI=1S/C10H13NO4/c1-3-6(9(12)13)8-7(10(14)15)4-5-11(8)2/h4-6H,3H2,1-2H3,(H,12,13)(H,14,15)/p-1. The Labute approximate surface area is 87.0 Å². The number of nitrogens with zero attached hydrogens (tertiary/aromatic N) is 1. The number of aromatic carboxylic acids is 1. The fourth-order valence-electron chi connectivity index (χ4n) is 1.63. The Morgan fingerprint density at radius 3 is 2.60 bits per heavy atom. The SMILES string of the molecule is CCC(C(=O)[O-])c1c(C(=O)O)ccn1C. The molecule has 1 aromatic rings. The quantitative estimate of drug-likeness (QED) is 0.756. The van der Waals surface area contributed by atoms with Crippen molar-refractivity contribution in [1.29, 1.82) is 0 Å². The van der Waals surface area contributed by atoms with Crippen LogP contribution < -0.4 is 5.11 Å². The molecule has 1 unspecified atom stereocenters. The van der Waals surface area contributed by atoms with E-state index < -0.39 is 17.9 Å². The minimum Gasteiger partial charge on any atom is -0.549 e. The number of carboxylic acid groups (broad SMARTS) is 2. The molecular formula is C10H12NO4-. The van der Waals surface area contributed by atoms with Gasteiger partial charge in [-0.3, -0.25) is 0 Å². The summed E-state index contributed by atoms with van der Waals surface area (Å²) in [6.07, 6.45) is 1.84. The lowest BCUT2D eigenvalue weighted by atomic mass is 9.99. The van der Waals surface area contributed by atoms with Crippen molar-refractivity contribution in [1.82, 2.24) is 4.57 Å². The molecular weight excluding hydrogens is 198 g/mol. The molecule has 82 valence electrons. The summed E-state index contributed by atoms with van der Waals surface area (Å²) in [5.41, 5.74) is 0.304. The summed E-state index contributed by atoms with van der Waals surface area (Å²) in [7, 11) is 1.62. The van der Waals surface area contributed by atoms with Crippen LogP contribution in [0.2, 0.25) is 0 Å². The zero-order chi connectivity index (χ0) is 11.6. The highest BCUT2D eigenvalue weighted by atomic mass is 16.4. The number of carboxylic acids is 2. The molecule has 0 aliphatic carbocycles. The lowest BCUT2D eigenvalue weighted by molar-refractivity contribution is -0.308. The molecule has 0 aliphatic rings. The maximum atomic E-state index is 10.9. The molecule has 1 atom stereocenters. The van der Waals surface area contributed by atoms with Crippen LogP contribution >= 0.6 is 0 Å². The second-order valence-electron chi connectivity index (χ2n) is 3.31. The molecule has 1 rings (SSSR count). The van der Waals surface area contributed by atoms with E-state index in [9.17, 15) is 14.7 Å². The van der Waals surface area contributed by atoms with Crippen LogP contribution in [0, 0.1) is 0 Å². The molecule has 0 aliphatic heterocycles. The van der Waals surface area contributed by atoms with Crippen LogP contribution in [0.1, 0.15) is 35.3 Å². The smallest absolute Gasteiger partial charge is 0.337 e. The minimum absolute atomic E-state index is 0.0218. The van der Waals surface area contributed by atoms with E-state index in [1.54, 1.807) is 14.0 Å². The minimum atomic E-state index is -1.25. The van der Waals surface area contributed by atoms with Gasteiger partial charge in [-0.05, 0) is 12.5 Å². The lowest BCUT2D eigenvalue weighted by Gasteiger charge is -2.18. The first kappa shape index (κ1) is 11.3. The molecule has 0 spiro atoms. The van der Waals surface area contributed by atoms with Crippen LogP contribution in [0.25, 0.3) is 0 Å². The van der Waals surface area contributed by atoms with Gasteiger partial charge < -0.3 is 19.6 Å². The Hall–Kier alpha value is -1.78. The molecule has 5 heteroatoms. The van der Waals surface area contributed by atoms with Crippen LogP contribution in [0.3, 0.4) is 0 Å². The van der Waals surface area contributed by atoms with Gasteiger partial charge in [0.15, 0.2) is 0 Å². The Morgan fingerprint density at radius 2 is 2.20 bits per heavy atom. The highest BCUT2D eigenvalue weighted by Gasteiger charge is 2.21. The predicted octanol–water partition coefficient (Wildman–Crippen LogP) is -0.0332. The first-order valence-corrected chi connectivity index (χ1v) is 4.58. The van der Waals surface area contributed by atoms with Gasteiger partial charge in [0.05, 0.1) is 11.5 Å². The maximum Gasteiger partial charge on any atom is 0.337 e. The molecule has 1 heterocycles. The van der Waals surface area contributed by atoms with Crippen molar-refractivity contribution in [2.75, 3.05) is 0 Å². The van der Waals surface area contributed by atoms with Crippen LogP contribution in [0.15, 0.2) is 12.3 Å². The molecule has 0 saturated carbocycles. The fourth-order valence-corrected chi connectivity index (χ4v) is 1.63. The molecule has 15 heavy (non-hydrogen) atoms. The van der Waals surface area contributed by atoms with E-state index in [-0.39, 0.29) is 11.3 Å². The van der Waals surface area contributed by atoms with Crippen molar-refractivity contribution in [3.05, 3.63) is 23.5 Å². The highest BCUT2D eigenvalue weighted by Crippen LogP contribution is 2.23. The second kappa shape index (κ2) is 4.16. The van der Waals surface area contributed by atoms with E-state index in [1.807, 2.05) is 0 Å². The summed E-state index contributed by atoms with van der Waals surface area (Å²) < 4.78 is 1.51. The summed E-state index contributed by atoms with van der Waals surface area (Å²) in [5.74, 6) is -3.25. The van der Waals surface area contributed by atoms with E-state index in [1.165, 1.54) is 16.8 Å². The summed E-state index contributed by atoms with van der Waals surface area (Å²) in [4.78, 5) is 21.7. The van der Waals surface area contributed by atoms with Crippen molar-refractivity contribution >= 4 is 11.9 Å². The van der Waals surface area contributed by atoms with Gasteiger partial charge in [-0.15, -0.1) is 0 Å². The monoisotopic (exact) mass is 210 g/mol. The fraction of sp³-hybridized carbons (Fsp3) is 0.400. The number of hydrogen-bond donors (Lipinski definition) is 1. The van der Waals surface area contributed by atoms with Gasteiger partial charge in [-0.1, -0.05) is 6.92 Å². The summed E-state index contributed by atoms with van der Waals surface area (Å²) >= 11 is 0. The first-order valence-electron chi connectivity index (χ1n) is 4.58. The molecule has 0 radical (unpaired) electrons. The number of aliphatic carboxylic acids is 1. The highest BCUT2D eigenvalue weighted by molar-refractivity contribution is 5.91. The molecule has 0 fully saturated rings. The van der Waals surface area contributed by atoms with Gasteiger partial charge in [-0.2, -0.15) is 0 Å². The largest absolute Gasteiger partial charge is 0.549 e. The van der Waals surface area contributed by atoms with Gasteiger partial charge in [-0.25, -0.2) is 4.79 Å². The van der Waals surface area contributed by atoms with Gasteiger partial charge >= 0.3 is 5.97 Å². The third-order valence-corrected chi connectivity index (χ3v) is 2.37. The summed E-state index contributed by atoms with van der Waals surface area (Å²) in [6, 6.07) is 1.39. The van der Waals surface area contributed by atoms with Gasteiger partial charge in [0.25, 0.3) is 0 Å². The third-order valence-electron chi connectivity index (χ3n) is 2.37. The average Bonchev–Trinajstić information content (AvgIpc) is 2.49. The lowest BCUT2D eigenvalue weighted by Crippen LogP contribution is -2.31. The topological polar surface area (TPSA) is 82.4 Å². The Morgan fingerprint density at radius 1 is 1.60 bits per heavy atom. The Bertz CT molecular complexity index is 394. The number of rotatable bonds is 4. The average molecular weight is 210 g/mol. The molecule has 0 saturated heterocycles. The predicted molar refractivity (Wildman–Crippen MR) is 50.4 cm³/mol. The van der Waals surface area contributed by atoms with Crippen molar-refractivity contribution < 1.29 is 19.8 Å². The van der Waals surface area contributed by atoms with Crippen molar-refractivity contribution in [2.24, 2.45) is 7.05 Å². The summed E-state index contributed by atoms with van der Waals surface area (Å²) in [5, 5.41) is 19.7. The molecule has 1 N–H and O–H groups in total. The van der Waals surface area contributed by atoms with Gasteiger partial charge in [0.2, 0.25) is 0 Å². The zero-order valence-corrected chi connectivity index (χ0v) is 8.56. The number of aromatic nitrogens is 1. The maximum absolute atomic E-state index is 10.9. The molecule has 5 nitrogen and oxygen atoms in total. The Kier molecular flexibility index (Phi) is 3.14. The van der Waals surface area contributed by atoms with Crippen molar-refractivity contribution in [3.63, 3.8) is 0 Å². The van der Waals surface area contributed by atoms with Gasteiger partial charge in [0.1, 0.15) is 0 Å². The second-order valence-corrected chi connectivity index (χ2v) is 3.31. The molecule has 1 aromatic heterocycles. The van der Waals surface area contributed by atoms with Crippen LogP contribution in [-0.4, -0.2) is 21.6 Å². The van der Waals surface area contributed by atoms with E-state index in [0.29, 0.717) is 6.42 Å². The normalized spacial score (nSPS) is 12.4. The number of carbonyl (C=O) groups is 2. The van der Waals surface area contributed by atoms with Crippen LogP contribution in [-0.2, 0) is 11.8 Å². The van der Waals surface area contributed by atoms with E-state index in [4.69, 9.17) is 5.11 Å². The summed E-state index contributed by atoms with van der Waals surface area (Å²) in [6.45, 7) is 1.68. The van der Waals surface area contributed by atoms with Crippen molar-refractivity contribution in [2.45, 2.75) is 19.3 Å². The Balaban J connectivity index is 3.26. The first-order chi connectivity index (χ1) is 6.99. The molecule has 0 bridgehead atoms. The van der Waals surface area contributed by atoms with E-state index in [0.717, 1.165) is 0 Å². The molecule has 0 amide bonds. The van der Waals surface area contributed by atoms with E-state index >= 15 is 0 Å². The number of carbonyl (C=O) groups excluding carboxylic acids is 1. The van der Waals surface area contributed by atoms with Crippen LogP contribution in [0.4, 0.5) is 0 Å². The van der Waals surface area contributed by atoms with Crippen molar-refractivity contribution in [3.8, 4) is 0 Å². The van der Waals surface area contributed by atoms with E-state index in [2.05, 4.69) is 0 Å². The zero-order valence-electron chi connectivity index (χ0n) is 8.56. The van der Waals surface area contributed by atoms with Crippen LogP contribution in [0.5, 0.6) is 0 Å². The molecule has 0 aromatic carbocycles.